The smallest absolute Gasteiger partial charge is 0.411 e. The lowest BCUT2D eigenvalue weighted by Gasteiger charge is -2.28. The average Bonchev–Trinajstić information content (AvgIpc) is 2.24. The summed E-state index contributed by atoms with van der Waals surface area (Å²) in [6.45, 7) is 4.98. The van der Waals surface area contributed by atoms with Crippen LogP contribution in [0.1, 0.15) is 32.4 Å². The number of benzene rings is 1. The summed E-state index contributed by atoms with van der Waals surface area (Å²) in [7, 11) is 1.27. The van der Waals surface area contributed by atoms with Crippen LogP contribution < -0.4 is 0 Å². The molecule has 0 aliphatic heterocycles. The highest BCUT2D eigenvalue weighted by Gasteiger charge is 2.32. The number of amides is 1. The topological polar surface area (TPSA) is 66.8 Å². The number of ether oxygens (including phenoxy) is 1. The Kier molecular flexibility index (Phi) is 5.17. The Hall–Kier alpha value is -1.82. The Morgan fingerprint density at radius 1 is 1.33 bits per heavy atom. The van der Waals surface area contributed by atoms with Crippen molar-refractivity contribution < 1.29 is 23.8 Å². The van der Waals surface area contributed by atoms with E-state index in [1.807, 2.05) is 0 Å². The van der Waals surface area contributed by atoms with E-state index < -0.39 is 29.5 Å². The van der Waals surface area contributed by atoms with Gasteiger partial charge in [0.1, 0.15) is 11.4 Å². The summed E-state index contributed by atoms with van der Waals surface area (Å²) in [4.78, 5) is 24.3. The lowest BCUT2D eigenvalue weighted by Crippen LogP contribution is -2.39. The van der Waals surface area contributed by atoms with Gasteiger partial charge in [-0.25, -0.2) is 14.0 Å². The number of rotatable bonds is 3. The first-order chi connectivity index (χ1) is 9.51. The van der Waals surface area contributed by atoms with Crippen LogP contribution >= 0.6 is 11.6 Å². The van der Waals surface area contributed by atoms with E-state index in [0.29, 0.717) is 0 Å². The van der Waals surface area contributed by atoms with Gasteiger partial charge in [0, 0.05) is 12.1 Å². The lowest BCUT2D eigenvalue weighted by molar-refractivity contribution is -0.142. The van der Waals surface area contributed by atoms with E-state index in [9.17, 15) is 19.1 Å². The summed E-state index contributed by atoms with van der Waals surface area (Å²) in [5.41, 5.74) is -0.714. The summed E-state index contributed by atoms with van der Waals surface area (Å²) in [6.07, 6.45) is -0.824. The van der Waals surface area contributed by atoms with Crippen LogP contribution in [0.2, 0.25) is 5.02 Å². The maximum absolute atomic E-state index is 13.4. The van der Waals surface area contributed by atoms with E-state index in [4.69, 9.17) is 16.3 Å². The van der Waals surface area contributed by atoms with E-state index in [1.165, 1.54) is 13.1 Å². The van der Waals surface area contributed by atoms with Gasteiger partial charge in [0.25, 0.3) is 0 Å². The molecule has 1 atom stereocenters. The standard InChI is InChI=1S/C14H17ClFNO4/c1-14(2,3)21-13(20)17(4)11(12(18)19)8-5-9(15)7-10(16)6-8/h5-7,11H,1-4H3,(H,18,19). The Labute approximate surface area is 127 Å². The first-order valence-corrected chi connectivity index (χ1v) is 6.53. The molecule has 0 saturated carbocycles. The zero-order chi connectivity index (χ0) is 16.4. The molecule has 0 aliphatic carbocycles. The van der Waals surface area contributed by atoms with Crippen LogP contribution in [0, 0.1) is 5.82 Å². The lowest BCUT2D eigenvalue weighted by atomic mass is 10.1. The molecule has 1 N–H and O–H groups in total. The zero-order valence-electron chi connectivity index (χ0n) is 12.2. The van der Waals surface area contributed by atoms with Crippen LogP contribution in [-0.2, 0) is 9.53 Å². The van der Waals surface area contributed by atoms with E-state index in [2.05, 4.69) is 0 Å². The number of aliphatic carboxylic acids is 1. The minimum absolute atomic E-state index is 0.0499. The highest BCUT2D eigenvalue weighted by Crippen LogP contribution is 2.25. The molecule has 1 aromatic rings. The fraction of sp³-hybridized carbons (Fsp3) is 0.429. The molecule has 7 heteroatoms. The van der Waals surface area contributed by atoms with E-state index in [-0.39, 0.29) is 10.6 Å². The Bertz CT molecular complexity index is 536. The summed E-state index contributed by atoms with van der Waals surface area (Å²) in [6, 6.07) is 1.97. The number of likely N-dealkylation sites (N-methyl/N-ethyl adjacent to an activating group) is 1. The molecule has 21 heavy (non-hydrogen) atoms. The van der Waals surface area contributed by atoms with Gasteiger partial charge >= 0.3 is 12.1 Å². The van der Waals surface area contributed by atoms with Crippen molar-refractivity contribution in [2.75, 3.05) is 7.05 Å². The summed E-state index contributed by atoms with van der Waals surface area (Å²) < 4.78 is 18.5. The van der Waals surface area contributed by atoms with Crippen LogP contribution in [0.3, 0.4) is 0 Å². The number of carbonyl (C=O) groups is 2. The average molecular weight is 318 g/mol. The first-order valence-electron chi connectivity index (χ1n) is 6.16. The van der Waals surface area contributed by atoms with E-state index >= 15 is 0 Å². The van der Waals surface area contributed by atoms with Gasteiger partial charge in [-0.2, -0.15) is 0 Å². The highest BCUT2D eigenvalue weighted by molar-refractivity contribution is 6.30. The third-order valence-electron chi connectivity index (χ3n) is 2.50. The fourth-order valence-corrected chi connectivity index (χ4v) is 1.93. The van der Waals surface area contributed by atoms with Gasteiger partial charge < -0.3 is 9.84 Å². The van der Waals surface area contributed by atoms with Gasteiger partial charge in [-0.05, 0) is 44.5 Å². The molecule has 1 unspecified atom stereocenters. The third kappa shape index (κ3) is 4.90. The molecule has 116 valence electrons. The number of carboxylic acids is 1. The van der Waals surface area contributed by atoms with Crippen LogP contribution in [0.25, 0.3) is 0 Å². The van der Waals surface area contributed by atoms with Gasteiger partial charge in [-0.1, -0.05) is 11.6 Å². The number of halogens is 2. The maximum atomic E-state index is 13.4. The van der Waals surface area contributed by atoms with Crippen molar-refractivity contribution in [3.8, 4) is 0 Å². The maximum Gasteiger partial charge on any atom is 0.411 e. The van der Waals surface area contributed by atoms with Crippen LogP contribution in [-0.4, -0.2) is 34.7 Å². The molecule has 0 heterocycles. The highest BCUT2D eigenvalue weighted by atomic mass is 35.5. The molecule has 1 amide bonds. The molecule has 0 fully saturated rings. The van der Waals surface area contributed by atoms with Gasteiger partial charge in [0.15, 0.2) is 6.04 Å². The second kappa shape index (κ2) is 6.30. The molecular weight excluding hydrogens is 301 g/mol. The van der Waals surface area contributed by atoms with Crippen molar-refractivity contribution in [3.05, 3.63) is 34.6 Å². The number of hydrogen-bond acceptors (Lipinski definition) is 3. The Balaban J connectivity index is 3.12. The zero-order valence-corrected chi connectivity index (χ0v) is 12.9. The van der Waals surface area contributed by atoms with E-state index in [0.717, 1.165) is 17.0 Å². The molecule has 1 rings (SSSR count). The summed E-state index contributed by atoms with van der Waals surface area (Å²) in [5, 5.41) is 9.36. The minimum atomic E-state index is -1.40. The molecular formula is C14H17ClFNO4. The molecule has 5 nitrogen and oxygen atoms in total. The molecule has 1 aromatic carbocycles. The third-order valence-corrected chi connectivity index (χ3v) is 2.72. The second-order valence-corrected chi connectivity index (χ2v) is 5.97. The van der Waals surface area contributed by atoms with Crippen molar-refractivity contribution in [1.82, 2.24) is 4.90 Å². The van der Waals surface area contributed by atoms with Crippen molar-refractivity contribution in [3.63, 3.8) is 0 Å². The van der Waals surface area contributed by atoms with Crippen LogP contribution in [0.4, 0.5) is 9.18 Å². The van der Waals surface area contributed by atoms with Gasteiger partial charge in [-0.15, -0.1) is 0 Å². The van der Waals surface area contributed by atoms with Gasteiger partial charge in [0.05, 0.1) is 0 Å². The van der Waals surface area contributed by atoms with Crippen LogP contribution in [0.15, 0.2) is 18.2 Å². The number of hydrogen-bond donors (Lipinski definition) is 1. The SMILES string of the molecule is CN(C(=O)OC(C)(C)C)C(C(=O)O)c1cc(F)cc(Cl)c1. The molecule has 0 spiro atoms. The monoisotopic (exact) mass is 317 g/mol. The number of carboxylic acid groups (broad SMARTS) is 1. The quantitative estimate of drug-likeness (QED) is 0.927. The Morgan fingerprint density at radius 3 is 2.33 bits per heavy atom. The van der Waals surface area contributed by atoms with Gasteiger partial charge in [-0.3, -0.25) is 4.90 Å². The second-order valence-electron chi connectivity index (χ2n) is 5.53. The number of carbonyl (C=O) groups excluding carboxylic acids is 1. The normalized spacial score (nSPS) is 12.7. The molecule has 0 saturated heterocycles. The van der Waals surface area contributed by atoms with Crippen molar-refractivity contribution in [2.45, 2.75) is 32.4 Å². The Morgan fingerprint density at radius 2 is 1.90 bits per heavy atom. The molecule has 0 aromatic heterocycles. The summed E-state index contributed by atoms with van der Waals surface area (Å²) in [5.74, 6) is -1.99. The van der Waals surface area contributed by atoms with Crippen molar-refractivity contribution in [1.29, 1.82) is 0 Å². The molecule has 0 bridgehead atoms. The molecule has 0 radical (unpaired) electrons. The minimum Gasteiger partial charge on any atom is -0.479 e. The predicted octanol–water partition coefficient (Wildman–Crippen LogP) is 3.47. The fourth-order valence-electron chi connectivity index (χ4n) is 1.70. The van der Waals surface area contributed by atoms with Crippen molar-refractivity contribution in [2.24, 2.45) is 0 Å². The molecule has 0 aliphatic rings. The van der Waals surface area contributed by atoms with E-state index in [1.54, 1.807) is 20.8 Å². The first kappa shape index (κ1) is 17.2. The predicted molar refractivity (Wildman–Crippen MR) is 75.8 cm³/mol. The largest absolute Gasteiger partial charge is 0.479 e. The van der Waals surface area contributed by atoms with Crippen LogP contribution in [0.5, 0.6) is 0 Å². The summed E-state index contributed by atoms with van der Waals surface area (Å²) >= 11 is 5.72. The number of nitrogens with zero attached hydrogens (tertiary/aromatic N) is 1. The van der Waals surface area contributed by atoms with Crippen molar-refractivity contribution >= 4 is 23.7 Å². The van der Waals surface area contributed by atoms with Gasteiger partial charge in [0.2, 0.25) is 0 Å².